The molecule has 150 valence electrons. The van der Waals surface area contributed by atoms with E-state index in [1.165, 1.54) is 26.2 Å². The van der Waals surface area contributed by atoms with Gasteiger partial charge < -0.3 is 14.8 Å². The van der Waals surface area contributed by atoms with E-state index in [0.29, 0.717) is 26.1 Å². The smallest absolute Gasteiger partial charge is 0.217 e. The van der Waals surface area contributed by atoms with Crippen molar-refractivity contribution >= 4 is 11.7 Å². The molecule has 0 saturated carbocycles. The van der Waals surface area contributed by atoms with Gasteiger partial charge in [0.25, 0.3) is 0 Å². The fourth-order valence-electron chi connectivity index (χ4n) is 2.78. The van der Waals surface area contributed by atoms with Crippen molar-refractivity contribution in [2.24, 2.45) is 0 Å². The Bertz CT molecular complexity index is 776. The molecule has 0 aliphatic heterocycles. The molecule has 28 heavy (non-hydrogen) atoms. The Morgan fingerprint density at radius 2 is 1.71 bits per heavy atom. The molecular weight excluding hydrogens is 361 g/mol. The van der Waals surface area contributed by atoms with Gasteiger partial charge >= 0.3 is 0 Å². The Morgan fingerprint density at radius 3 is 2.36 bits per heavy atom. The van der Waals surface area contributed by atoms with Gasteiger partial charge in [-0.15, -0.1) is 0 Å². The number of benzene rings is 2. The van der Waals surface area contributed by atoms with E-state index in [2.05, 4.69) is 5.32 Å². The molecule has 2 aromatic rings. The van der Waals surface area contributed by atoms with Gasteiger partial charge in [-0.1, -0.05) is 36.4 Å². The Balaban J connectivity index is 1.78. The van der Waals surface area contributed by atoms with Crippen LogP contribution in [0.1, 0.15) is 30.0 Å². The molecule has 0 aliphatic rings. The summed E-state index contributed by atoms with van der Waals surface area (Å²) in [6.07, 6.45) is 0.910. The third kappa shape index (κ3) is 7.58. The second kappa shape index (κ2) is 11.3. The first-order valence-electron chi connectivity index (χ1n) is 9.16. The number of Topliss-reactive ketones (excluding diaryl/α,β-unsaturated/α-hetero) is 1. The monoisotopic (exact) mass is 387 g/mol. The highest BCUT2D eigenvalue weighted by Crippen LogP contribution is 2.11. The Morgan fingerprint density at radius 1 is 1.04 bits per heavy atom. The van der Waals surface area contributed by atoms with E-state index in [-0.39, 0.29) is 24.1 Å². The number of amides is 1. The third-order valence-electron chi connectivity index (χ3n) is 4.21. The third-order valence-corrected chi connectivity index (χ3v) is 4.21. The lowest BCUT2D eigenvalue weighted by Gasteiger charge is -2.15. The Labute approximate surface area is 164 Å². The predicted octanol–water partition coefficient (Wildman–Crippen LogP) is 3.20. The van der Waals surface area contributed by atoms with Crippen molar-refractivity contribution in [2.45, 2.75) is 39.0 Å². The van der Waals surface area contributed by atoms with Crippen LogP contribution in [0.5, 0.6) is 0 Å². The van der Waals surface area contributed by atoms with Crippen LogP contribution in [0.2, 0.25) is 0 Å². The molecule has 0 spiro atoms. The molecule has 1 atom stereocenters. The number of ketones is 1. The van der Waals surface area contributed by atoms with E-state index in [1.54, 1.807) is 6.07 Å². The van der Waals surface area contributed by atoms with Gasteiger partial charge in [-0.25, -0.2) is 4.39 Å². The quantitative estimate of drug-likeness (QED) is 0.643. The van der Waals surface area contributed by atoms with Crippen molar-refractivity contribution < 1.29 is 23.5 Å². The molecule has 5 nitrogen and oxygen atoms in total. The minimum atomic E-state index is -0.613. The van der Waals surface area contributed by atoms with Crippen LogP contribution < -0.4 is 5.32 Å². The average Bonchev–Trinajstić information content (AvgIpc) is 2.66. The number of carbonyl (C=O) groups excluding carboxylic acids is 2. The number of rotatable bonds is 11. The van der Waals surface area contributed by atoms with Gasteiger partial charge in [0.05, 0.1) is 19.8 Å². The van der Waals surface area contributed by atoms with Crippen LogP contribution >= 0.6 is 0 Å². The number of hydrogen-bond acceptors (Lipinski definition) is 4. The predicted molar refractivity (Wildman–Crippen MR) is 104 cm³/mol. The lowest BCUT2D eigenvalue weighted by atomic mass is 10.0. The maximum atomic E-state index is 13.1. The summed E-state index contributed by atoms with van der Waals surface area (Å²) >= 11 is 0. The molecule has 1 amide bonds. The van der Waals surface area contributed by atoms with Crippen molar-refractivity contribution in [2.75, 3.05) is 13.7 Å². The van der Waals surface area contributed by atoms with Crippen molar-refractivity contribution in [1.29, 1.82) is 0 Å². The first-order valence-corrected chi connectivity index (χ1v) is 9.16. The van der Waals surface area contributed by atoms with Gasteiger partial charge in [-0.2, -0.15) is 0 Å². The molecule has 0 heterocycles. The van der Waals surface area contributed by atoms with E-state index in [0.717, 1.165) is 16.7 Å². The van der Waals surface area contributed by atoms with Gasteiger partial charge in [0.15, 0.2) is 5.78 Å². The van der Waals surface area contributed by atoms with Crippen LogP contribution in [0, 0.1) is 5.82 Å². The first kappa shape index (κ1) is 21.7. The molecule has 2 aromatic carbocycles. The summed E-state index contributed by atoms with van der Waals surface area (Å²) < 4.78 is 23.8. The zero-order chi connectivity index (χ0) is 20.4. The molecule has 0 unspecified atom stereocenters. The van der Waals surface area contributed by atoms with E-state index in [4.69, 9.17) is 9.47 Å². The topological polar surface area (TPSA) is 64.6 Å². The number of halogens is 1. The molecule has 0 aromatic heterocycles. The van der Waals surface area contributed by atoms with Gasteiger partial charge in [-0.3, -0.25) is 9.59 Å². The summed E-state index contributed by atoms with van der Waals surface area (Å²) in [4.78, 5) is 23.5. The zero-order valence-electron chi connectivity index (χ0n) is 16.2. The van der Waals surface area contributed by atoms with Crippen molar-refractivity contribution in [3.63, 3.8) is 0 Å². The van der Waals surface area contributed by atoms with Crippen LogP contribution in [-0.4, -0.2) is 31.4 Å². The van der Waals surface area contributed by atoms with E-state index < -0.39 is 6.04 Å². The molecule has 0 radical (unpaired) electrons. The molecule has 0 saturated heterocycles. The number of ether oxygens (including phenoxy) is 2. The van der Waals surface area contributed by atoms with E-state index in [9.17, 15) is 14.0 Å². The number of hydrogen-bond donors (Lipinski definition) is 1. The zero-order valence-corrected chi connectivity index (χ0v) is 16.2. The fourth-order valence-corrected chi connectivity index (χ4v) is 2.78. The second-order valence-corrected chi connectivity index (χ2v) is 6.61. The highest BCUT2D eigenvalue weighted by Gasteiger charge is 2.18. The van der Waals surface area contributed by atoms with Gasteiger partial charge in [0.2, 0.25) is 5.91 Å². The normalized spacial score (nSPS) is 11.8. The SMILES string of the molecule is COC[C@@H](NC(C)=O)C(=O)CCc1ccc(COCc2cccc(F)c2)cc1. The number of nitrogens with one attached hydrogen (secondary N) is 1. The summed E-state index contributed by atoms with van der Waals surface area (Å²) in [6, 6.07) is 13.5. The lowest BCUT2D eigenvalue weighted by molar-refractivity contribution is -0.128. The first-order chi connectivity index (χ1) is 13.5. The molecule has 0 fully saturated rings. The highest BCUT2D eigenvalue weighted by atomic mass is 19.1. The molecule has 1 N–H and O–H groups in total. The van der Waals surface area contributed by atoms with Crippen LogP contribution in [0.25, 0.3) is 0 Å². The second-order valence-electron chi connectivity index (χ2n) is 6.61. The maximum Gasteiger partial charge on any atom is 0.217 e. The van der Waals surface area contributed by atoms with Crippen molar-refractivity contribution in [3.05, 3.63) is 71.0 Å². The molecule has 2 rings (SSSR count). The summed E-state index contributed by atoms with van der Waals surface area (Å²) in [7, 11) is 1.50. The Kier molecular flexibility index (Phi) is 8.78. The van der Waals surface area contributed by atoms with Crippen molar-refractivity contribution in [3.8, 4) is 0 Å². The average molecular weight is 387 g/mol. The van der Waals surface area contributed by atoms with E-state index in [1.807, 2.05) is 30.3 Å². The van der Waals surface area contributed by atoms with Gasteiger partial charge in [0, 0.05) is 20.5 Å². The minimum absolute atomic E-state index is 0.0560. The number of aryl methyl sites for hydroxylation is 1. The molecular formula is C22H26FNO4. The largest absolute Gasteiger partial charge is 0.382 e. The lowest BCUT2D eigenvalue weighted by Crippen LogP contribution is -2.43. The standard InChI is InChI=1S/C22H26FNO4/c1-16(25)24-21(15-27-2)22(26)11-10-17-6-8-18(9-7-17)13-28-14-19-4-3-5-20(23)12-19/h3-9,12,21H,10-11,13-15H2,1-2H3,(H,24,25)/t21-/m1/s1. The summed E-state index contributed by atoms with van der Waals surface area (Å²) in [5.41, 5.74) is 2.82. The Hall–Kier alpha value is -2.57. The van der Waals surface area contributed by atoms with Crippen LogP contribution in [0.15, 0.2) is 48.5 Å². The van der Waals surface area contributed by atoms with Crippen LogP contribution in [-0.2, 0) is 38.7 Å². The number of methoxy groups -OCH3 is 1. The van der Waals surface area contributed by atoms with Crippen molar-refractivity contribution in [1.82, 2.24) is 5.32 Å². The highest BCUT2D eigenvalue weighted by molar-refractivity contribution is 5.88. The minimum Gasteiger partial charge on any atom is -0.382 e. The summed E-state index contributed by atoms with van der Waals surface area (Å²) in [6.45, 7) is 2.32. The summed E-state index contributed by atoms with van der Waals surface area (Å²) in [5.74, 6) is -0.580. The molecule has 6 heteroatoms. The fraction of sp³-hybridized carbons (Fsp3) is 0.364. The molecule has 0 bridgehead atoms. The van der Waals surface area contributed by atoms with Gasteiger partial charge in [-0.05, 0) is 35.2 Å². The van der Waals surface area contributed by atoms with Gasteiger partial charge in [0.1, 0.15) is 11.9 Å². The number of carbonyl (C=O) groups is 2. The van der Waals surface area contributed by atoms with Crippen LogP contribution in [0.3, 0.4) is 0 Å². The summed E-state index contributed by atoms with van der Waals surface area (Å²) in [5, 5.41) is 2.61. The van der Waals surface area contributed by atoms with Crippen LogP contribution in [0.4, 0.5) is 4.39 Å². The van der Waals surface area contributed by atoms with E-state index >= 15 is 0 Å². The molecule has 0 aliphatic carbocycles. The maximum absolute atomic E-state index is 13.1.